The predicted octanol–water partition coefficient (Wildman–Crippen LogP) is 5.57. The van der Waals surface area contributed by atoms with Crippen molar-refractivity contribution in [2.24, 2.45) is 0 Å². The molecule has 0 unspecified atom stereocenters. The number of hydrogen-bond acceptors (Lipinski definition) is 3. The summed E-state index contributed by atoms with van der Waals surface area (Å²) in [6.45, 7) is -0.185. The third-order valence-corrected chi connectivity index (χ3v) is 5.60. The second-order valence-corrected chi connectivity index (χ2v) is 8.06. The average molecular weight is 500 g/mol. The number of amides is 2. The van der Waals surface area contributed by atoms with Crippen LogP contribution in [-0.4, -0.2) is 23.1 Å². The van der Waals surface area contributed by atoms with E-state index in [4.69, 9.17) is 11.6 Å². The van der Waals surface area contributed by atoms with Crippen LogP contribution in [0.3, 0.4) is 0 Å². The molecule has 4 rings (SSSR count). The van der Waals surface area contributed by atoms with Crippen LogP contribution in [0.2, 0.25) is 5.02 Å². The van der Waals surface area contributed by atoms with Gasteiger partial charge in [-0.25, -0.2) is 0 Å². The van der Waals surface area contributed by atoms with E-state index in [-0.39, 0.29) is 6.54 Å². The van der Waals surface area contributed by atoms with Crippen molar-refractivity contribution in [3.05, 3.63) is 88.6 Å². The summed E-state index contributed by atoms with van der Waals surface area (Å²) in [6, 6.07) is 15.6. The number of rotatable bonds is 5. The maximum Gasteiger partial charge on any atom is 0.417 e. The van der Waals surface area contributed by atoms with Crippen LogP contribution in [0.4, 0.5) is 18.9 Å². The number of benzene rings is 3. The number of alkyl halides is 3. The second-order valence-electron chi connectivity index (χ2n) is 7.65. The SMILES string of the molecule is O=Cc1cccc(-c2ccc3[nH]cc(NC(=O)C(=O)NCc4ccc(C(F)(F)F)c(Cl)c4)c3c2)c1. The third-order valence-electron chi connectivity index (χ3n) is 5.28. The fraction of sp³-hybridized carbons (Fsp3) is 0.0800. The van der Waals surface area contributed by atoms with Crippen molar-refractivity contribution >= 4 is 46.3 Å². The first-order valence-corrected chi connectivity index (χ1v) is 10.6. The van der Waals surface area contributed by atoms with E-state index in [9.17, 15) is 27.6 Å². The molecule has 0 atom stereocenters. The molecule has 0 saturated carbocycles. The van der Waals surface area contributed by atoms with E-state index in [0.29, 0.717) is 22.2 Å². The average Bonchev–Trinajstić information content (AvgIpc) is 3.23. The lowest BCUT2D eigenvalue weighted by Crippen LogP contribution is -2.34. The van der Waals surface area contributed by atoms with E-state index in [1.165, 1.54) is 12.3 Å². The van der Waals surface area contributed by atoms with Gasteiger partial charge in [0.1, 0.15) is 6.29 Å². The van der Waals surface area contributed by atoms with Crippen molar-refractivity contribution in [2.45, 2.75) is 12.7 Å². The van der Waals surface area contributed by atoms with Crippen molar-refractivity contribution in [3.8, 4) is 11.1 Å². The third kappa shape index (κ3) is 5.36. The number of H-pyrrole nitrogens is 1. The Bertz CT molecular complexity index is 1450. The highest BCUT2D eigenvalue weighted by Gasteiger charge is 2.33. The summed E-state index contributed by atoms with van der Waals surface area (Å²) in [4.78, 5) is 38.8. The minimum Gasteiger partial charge on any atom is -0.359 e. The quantitative estimate of drug-likeness (QED) is 0.247. The molecule has 0 aliphatic rings. The molecule has 0 bridgehead atoms. The van der Waals surface area contributed by atoms with Gasteiger partial charge in [-0.05, 0) is 47.0 Å². The summed E-state index contributed by atoms with van der Waals surface area (Å²) in [6.07, 6.45) is -2.30. The Hall–Kier alpha value is -4.11. The molecule has 0 aliphatic heterocycles. The number of hydrogen-bond donors (Lipinski definition) is 3. The van der Waals surface area contributed by atoms with E-state index < -0.39 is 28.6 Å². The topological polar surface area (TPSA) is 91.1 Å². The monoisotopic (exact) mass is 499 g/mol. The van der Waals surface area contributed by atoms with Crippen molar-refractivity contribution in [1.29, 1.82) is 0 Å². The Morgan fingerprint density at radius 3 is 2.46 bits per heavy atom. The predicted molar refractivity (Wildman–Crippen MR) is 126 cm³/mol. The minimum atomic E-state index is -4.59. The highest BCUT2D eigenvalue weighted by molar-refractivity contribution is 6.40. The Balaban J connectivity index is 1.46. The normalized spacial score (nSPS) is 11.3. The zero-order valence-corrected chi connectivity index (χ0v) is 18.6. The molecule has 2 amide bonds. The first kappa shape index (κ1) is 24.0. The van der Waals surface area contributed by atoms with E-state index >= 15 is 0 Å². The maximum atomic E-state index is 12.8. The van der Waals surface area contributed by atoms with Crippen molar-refractivity contribution < 1.29 is 27.6 Å². The van der Waals surface area contributed by atoms with Crippen LogP contribution in [-0.2, 0) is 22.3 Å². The molecule has 10 heteroatoms. The fourth-order valence-corrected chi connectivity index (χ4v) is 3.85. The summed E-state index contributed by atoms with van der Waals surface area (Å²) in [7, 11) is 0. The second kappa shape index (κ2) is 9.63. The first-order valence-electron chi connectivity index (χ1n) is 10.3. The van der Waals surface area contributed by atoms with E-state index in [1.54, 1.807) is 18.2 Å². The van der Waals surface area contributed by atoms with E-state index in [2.05, 4.69) is 15.6 Å². The fourth-order valence-electron chi connectivity index (χ4n) is 3.54. The number of carbonyl (C=O) groups excluding carboxylic acids is 3. The van der Waals surface area contributed by atoms with Crippen LogP contribution in [0.5, 0.6) is 0 Å². The zero-order valence-electron chi connectivity index (χ0n) is 17.9. The van der Waals surface area contributed by atoms with Gasteiger partial charge < -0.3 is 15.6 Å². The van der Waals surface area contributed by atoms with Crippen molar-refractivity contribution in [2.75, 3.05) is 5.32 Å². The Labute approximate surface area is 202 Å². The summed E-state index contributed by atoms with van der Waals surface area (Å²) in [5.41, 5.74) is 2.54. The molecule has 35 heavy (non-hydrogen) atoms. The number of aldehydes is 1. The molecular formula is C25H17ClF3N3O3. The molecule has 0 fully saturated rings. The van der Waals surface area contributed by atoms with Gasteiger partial charge in [-0.15, -0.1) is 0 Å². The van der Waals surface area contributed by atoms with Gasteiger partial charge in [0.15, 0.2) is 0 Å². The smallest absolute Gasteiger partial charge is 0.359 e. The van der Waals surface area contributed by atoms with Gasteiger partial charge in [0.25, 0.3) is 0 Å². The number of fused-ring (bicyclic) bond motifs is 1. The summed E-state index contributed by atoms with van der Waals surface area (Å²) in [5.74, 6) is -1.91. The molecule has 6 nitrogen and oxygen atoms in total. The van der Waals surface area contributed by atoms with Crippen LogP contribution >= 0.6 is 11.6 Å². The number of aromatic amines is 1. The van der Waals surface area contributed by atoms with Gasteiger partial charge in [-0.2, -0.15) is 13.2 Å². The lowest BCUT2D eigenvalue weighted by Gasteiger charge is -2.11. The lowest BCUT2D eigenvalue weighted by atomic mass is 10.0. The standard InChI is InChI=1S/C25H17ClF3N3O3/c26-20-9-14(4-6-19(20)25(27,28)29)11-31-23(34)24(35)32-22-12-30-21-7-5-17(10-18(21)22)16-3-1-2-15(8-16)13-33/h1-10,12-13,30H,11H2,(H,31,34)(H,32,35). The zero-order chi connectivity index (χ0) is 25.2. The van der Waals surface area contributed by atoms with Gasteiger partial charge in [-0.3, -0.25) is 14.4 Å². The Morgan fingerprint density at radius 1 is 0.971 bits per heavy atom. The molecule has 1 heterocycles. The van der Waals surface area contributed by atoms with E-state index in [0.717, 1.165) is 35.1 Å². The molecule has 1 aromatic heterocycles. The highest BCUT2D eigenvalue weighted by atomic mass is 35.5. The molecule has 0 radical (unpaired) electrons. The van der Waals surface area contributed by atoms with Crippen LogP contribution < -0.4 is 10.6 Å². The van der Waals surface area contributed by atoms with E-state index in [1.807, 2.05) is 24.3 Å². The molecule has 178 valence electrons. The molecule has 0 saturated heterocycles. The summed E-state index contributed by atoms with van der Waals surface area (Å²) >= 11 is 5.68. The maximum absolute atomic E-state index is 12.8. The van der Waals surface area contributed by atoms with Crippen molar-refractivity contribution in [1.82, 2.24) is 10.3 Å². The van der Waals surface area contributed by atoms with Gasteiger partial charge in [0.05, 0.1) is 16.3 Å². The molecular weight excluding hydrogens is 483 g/mol. The van der Waals surface area contributed by atoms with Crippen LogP contribution in [0.25, 0.3) is 22.0 Å². The number of nitrogens with one attached hydrogen (secondary N) is 3. The van der Waals surface area contributed by atoms with Gasteiger partial charge in [0.2, 0.25) is 0 Å². The number of anilines is 1. The van der Waals surface area contributed by atoms with Gasteiger partial charge >= 0.3 is 18.0 Å². The van der Waals surface area contributed by atoms with Crippen LogP contribution in [0.1, 0.15) is 21.5 Å². The summed E-state index contributed by atoms with van der Waals surface area (Å²) in [5, 5.41) is 5.04. The Kier molecular flexibility index (Phi) is 6.61. The van der Waals surface area contributed by atoms with Crippen molar-refractivity contribution in [3.63, 3.8) is 0 Å². The van der Waals surface area contributed by atoms with Gasteiger partial charge in [0, 0.05) is 29.2 Å². The lowest BCUT2D eigenvalue weighted by molar-refractivity contribution is -0.137. The molecule has 3 N–H and O–H groups in total. The number of halogens is 4. The first-order chi connectivity index (χ1) is 16.7. The van der Waals surface area contributed by atoms with Gasteiger partial charge in [-0.1, -0.05) is 41.9 Å². The highest BCUT2D eigenvalue weighted by Crippen LogP contribution is 2.35. The Morgan fingerprint density at radius 2 is 1.74 bits per heavy atom. The number of carbonyl (C=O) groups is 3. The molecule has 3 aromatic carbocycles. The molecule has 4 aromatic rings. The largest absolute Gasteiger partial charge is 0.417 e. The summed E-state index contributed by atoms with van der Waals surface area (Å²) < 4.78 is 38.5. The number of aromatic nitrogens is 1. The van der Waals surface area contributed by atoms with Crippen LogP contribution in [0, 0.1) is 0 Å². The molecule has 0 spiro atoms. The molecule has 0 aliphatic carbocycles. The minimum absolute atomic E-state index is 0.185. The van der Waals surface area contributed by atoms with Crippen LogP contribution in [0.15, 0.2) is 66.9 Å².